The van der Waals surface area contributed by atoms with E-state index in [1.165, 1.54) is 29.2 Å². The van der Waals surface area contributed by atoms with Crippen molar-refractivity contribution in [3.63, 3.8) is 0 Å². The summed E-state index contributed by atoms with van der Waals surface area (Å²) >= 11 is 0. The van der Waals surface area contributed by atoms with Crippen LogP contribution >= 0.6 is 0 Å². The van der Waals surface area contributed by atoms with E-state index in [0.29, 0.717) is 18.7 Å². The quantitative estimate of drug-likeness (QED) is 0.324. The lowest BCUT2D eigenvalue weighted by molar-refractivity contribution is -0.140. The monoisotopic (exact) mass is 569 g/mol. The first-order valence-electron chi connectivity index (χ1n) is 13.1. The van der Waals surface area contributed by atoms with E-state index in [4.69, 9.17) is 4.74 Å². The number of amides is 2. The lowest BCUT2D eigenvalue weighted by Gasteiger charge is -2.33. The van der Waals surface area contributed by atoms with Gasteiger partial charge >= 0.3 is 0 Å². The average molecular weight is 570 g/mol. The van der Waals surface area contributed by atoms with Crippen LogP contribution < -0.4 is 14.4 Å². The molecule has 0 aliphatic rings. The van der Waals surface area contributed by atoms with Crippen LogP contribution in [0.3, 0.4) is 0 Å². The Morgan fingerprint density at radius 2 is 1.57 bits per heavy atom. The molecule has 0 fully saturated rings. The SMILES string of the molecule is CCC(C(=O)NCC(C)C)N(Cc1ccc(OC)cc1)C(=O)CN(c1ccc(F)cc1)S(=O)(=O)c1ccccc1. The van der Waals surface area contributed by atoms with Gasteiger partial charge in [-0.2, -0.15) is 0 Å². The number of halogens is 1. The number of hydrogen-bond acceptors (Lipinski definition) is 5. The molecule has 0 saturated heterocycles. The number of nitrogens with zero attached hydrogens (tertiary/aromatic N) is 2. The van der Waals surface area contributed by atoms with Crippen LogP contribution in [-0.2, 0) is 26.2 Å². The van der Waals surface area contributed by atoms with Crippen LogP contribution in [0.5, 0.6) is 5.75 Å². The van der Waals surface area contributed by atoms with Gasteiger partial charge in [-0.1, -0.05) is 51.1 Å². The zero-order chi connectivity index (χ0) is 29.3. The number of nitrogens with one attached hydrogen (secondary N) is 1. The summed E-state index contributed by atoms with van der Waals surface area (Å²) < 4.78 is 47.4. The third-order valence-corrected chi connectivity index (χ3v) is 8.10. The maximum Gasteiger partial charge on any atom is 0.264 e. The molecule has 0 heterocycles. The fourth-order valence-corrected chi connectivity index (χ4v) is 5.56. The molecule has 1 unspecified atom stereocenters. The van der Waals surface area contributed by atoms with Gasteiger partial charge in [0.25, 0.3) is 10.0 Å². The second-order valence-electron chi connectivity index (χ2n) is 9.73. The van der Waals surface area contributed by atoms with Crippen molar-refractivity contribution in [3.05, 3.63) is 90.2 Å². The first-order chi connectivity index (χ1) is 19.1. The Bertz CT molecular complexity index is 1360. The summed E-state index contributed by atoms with van der Waals surface area (Å²) in [5, 5.41) is 2.89. The third-order valence-electron chi connectivity index (χ3n) is 6.31. The lowest BCUT2D eigenvalue weighted by Crippen LogP contribution is -2.52. The average Bonchev–Trinajstić information content (AvgIpc) is 2.95. The van der Waals surface area contributed by atoms with Crippen molar-refractivity contribution in [1.29, 1.82) is 0 Å². The Balaban J connectivity index is 2.02. The number of sulfonamides is 1. The molecule has 3 rings (SSSR count). The number of benzene rings is 3. The molecule has 214 valence electrons. The van der Waals surface area contributed by atoms with Gasteiger partial charge in [0.1, 0.15) is 24.2 Å². The van der Waals surface area contributed by atoms with Crippen molar-refractivity contribution in [3.8, 4) is 5.75 Å². The summed E-state index contributed by atoms with van der Waals surface area (Å²) in [4.78, 5) is 28.6. The lowest BCUT2D eigenvalue weighted by atomic mass is 10.1. The minimum Gasteiger partial charge on any atom is -0.497 e. The largest absolute Gasteiger partial charge is 0.497 e. The first kappa shape index (κ1) is 30.6. The zero-order valence-electron chi connectivity index (χ0n) is 23.2. The molecule has 0 aliphatic heterocycles. The topological polar surface area (TPSA) is 96.0 Å². The molecule has 1 N–H and O–H groups in total. The van der Waals surface area contributed by atoms with Crippen molar-refractivity contribution >= 4 is 27.5 Å². The van der Waals surface area contributed by atoms with Crippen molar-refractivity contribution in [2.75, 3.05) is 24.5 Å². The Kier molecular flexibility index (Phi) is 10.7. The standard InChI is InChI=1S/C30H36FN3O5S/c1-5-28(30(36)32-19-22(2)3)33(20-23-11-17-26(39-4)18-12-23)29(35)21-34(25-15-13-24(31)14-16-25)40(37,38)27-9-7-6-8-10-27/h6-18,22,28H,5,19-21H2,1-4H3,(H,32,36). The maximum absolute atomic E-state index is 14.0. The van der Waals surface area contributed by atoms with Crippen LogP contribution in [0.15, 0.2) is 83.8 Å². The van der Waals surface area contributed by atoms with Crippen LogP contribution in [0, 0.1) is 11.7 Å². The molecule has 2 amide bonds. The van der Waals surface area contributed by atoms with Crippen LogP contribution in [0.1, 0.15) is 32.8 Å². The summed E-state index contributed by atoms with van der Waals surface area (Å²) in [6, 6.07) is 18.8. The van der Waals surface area contributed by atoms with E-state index in [0.717, 1.165) is 22.0 Å². The highest BCUT2D eigenvalue weighted by Crippen LogP contribution is 2.25. The number of carbonyl (C=O) groups is 2. The van der Waals surface area contributed by atoms with Crippen LogP contribution in [0.4, 0.5) is 10.1 Å². The van der Waals surface area contributed by atoms with Gasteiger partial charge in [0.15, 0.2) is 0 Å². The summed E-state index contributed by atoms with van der Waals surface area (Å²) in [6.45, 7) is 5.65. The second kappa shape index (κ2) is 13.9. The maximum atomic E-state index is 14.0. The predicted molar refractivity (Wildman–Crippen MR) is 153 cm³/mol. The molecular weight excluding hydrogens is 533 g/mol. The highest BCUT2D eigenvalue weighted by atomic mass is 32.2. The molecule has 0 aliphatic carbocycles. The molecule has 10 heteroatoms. The summed E-state index contributed by atoms with van der Waals surface area (Å²) in [7, 11) is -2.66. The van der Waals surface area contributed by atoms with Gasteiger partial charge in [0.05, 0.1) is 17.7 Å². The number of methoxy groups -OCH3 is 1. The van der Waals surface area contributed by atoms with E-state index in [1.54, 1.807) is 56.5 Å². The number of carbonyl (C=O) groups excluding carboxylic acids is 2. The van der Waals surface area contributed by atoms with Crippen molar-refractivity contribution < 1.29 is 27.1 Å². The fourth-order valence-electron chi connectivity index (χ4n) is 4.13. The van der Waals surface area contributed by atoms with Gasteiger partial charge < -0.3 is 15.0 Å². The third kappa shape index (κ3) is 7.81. The van der Waals surface area contributed by atoms with Gasteiger partial charge in [-0.3, -0.25) is 13.9 Å². The predicted octanol–water partition coefficient (Wildman–Crippen LogP) is 4.61. The van der Waals surface area contributed by atoms with Crippen molar-refractivity contribution in [2.24, 2.45) is 5.92 Å². The number of hydrogen-bond donors (Lipinski definition) is 1. The second-order valence-corrected chi connectivity index (χ2v) is 11.6. The normalized spacial score (nSPS) is 12.1. The van der Waals surface area contributed by atoms with Gasteiger partial charge in [-0.15, -0.1) is 0 Å². The summed E-state index contributed by atoms with van der Waals surface area (Å²) in [6.07, 6.45) is 0.313. The smallest absolute Gasteiger partial charge is 0.264 e. The van der Waals surface area contributed by atoms with Gasteiger partial charge in [-0.25, -0.2) is 12.8 Å². The molecular formula is C30H36FN3O5S. The van der Waals surface area contributed by atoms with E-state index >= 15 is 0 Å². The Morgan fingerprint density at radius 1 is 0.950 bits per heavy atom. The Morgan fingerprint density at radius 3 is 2.12 bits per heavy atom. The van der Waals surface area contributed by atoms with E-state index in [-0.39, 0.29) is 29.0 Å². The molecule has 0 aromatic heterocycles. The summed E-state index contributed by atoms with van der Waals surface area (Å²) in [5.74, 6) is -0.596. The fraction of sp³-hybridized carbons (Fsp3) is 0.333. The highest BCUT2D eigenvalue weighted by molar-refractivity contribution is 7.92. The van der Waals surface area contributed by atoms with Crippen molar-refractivity contribution in [2.45, 2.75) is 44.7 Å². The minimum absolute atomic E-state index is 0.0180. The van der Waals surface area contributed by atoms with Gasteiger partial charge in [-0.05, 0) is 66.4 Å². The Hall–Kier alpha value is -3.92. The molecule has 0 radical (unpaired) electrons. The molecule has 0 spiro atoms. The number of rotatable bonds is 13. The van der Waals surface area contributed by atoms with Crippen LogP contribution in [0.25, 0.3) is 0 Å². The highest BCUT2D eigenvalue weighted by Gasteiger charge is 2.33. The zero-order valence-corrected chi connectivity index (χ0v) is 24.0. The number of anilines is 1. The number of ether oxygens (including phenoxy) is 1. The summed E-state index contributed by atoms with van der Waals surface area (Å²) in [5.41, 5.74) is 0.865. The van der Waals surface area contributed by atoms with Gasteiger partial charge in [0, 0.05) is 13.1 Å². The first-order valence-corrected chi connectivity index (χ1v) is 14.5. The van der Waals surface area contributed by atoms with E-state index < -0.39 is 34.3 Å². The van der Waals surface area contributed by atoms with E-state index in [1.807, 2.05) is 13.8 Å². The molecule has 3 aromatic rings. The minimum atomic E-state index is -4.21. The molecule has 0 saturated carbocycles. The van der Waals surface area contributed by atoms with E-state index in [2.05, 4.69) is 5.32 Å². The van der Waals surface area contributed by atoms with Crippen LogP contribution in [0.2, 0.25) is 0 Å². The van der Waals surface area contributed by atoms with Gasteiger partial charge in [0.2, 0.25) is 11.8 Å². The molecule has 8 nitrogen and oxygen atoms in total. The molecule has 1 atom stereocenters. The van der Waals surface area contributed by atoms with Crippen molar-refractivity contribution in [1.82, 2.24) is 10.2 Å². The van der Waals surface area contributed by atoms with Crippen LogP contribution in [-0.4, -0.2) is 51.4 Å². The molecule has 0 bridgehead atoms. The molecule has 40 heavy (non-hydrogen) atoms. The Labute approximate surface area is 235 Å². The van der Waals surface area contributed by atoms with E-state index in [9.17, 15) is 22.4 Å². The molecule has 3 aromatic carbocycles.